The number of fused-ring (bicyclic) bond motifs is 1. The normalized spacial score (nSPS) is 16.1. The zero-order valence-electron chi connectivity index (χ0n) is 15.4. The molecule has 1 heterocycles. The van der Waals surface area contributed by atoms with Crippen molar-refractivity contribution in [2.45, 2.75) is 26.3 Å². The van der Waals surface area contributed by atoms with Gasteiger partial charge in [0, 0.05) is 17.2 Å². The first-order valence-corrected chi connectivity index (χ1v) is 10.4. The topological polar surface area (TPSA) is 80.8 Å². The minimum absolute atomic E-state index is 0.0341. The molecular weight excluding hydrogens is 366 g/mol. The van der Waals surface area contributed by atoms with Gasteiger partial charge in [0.2, 0.25) is 10.0 Å². The number of hydrogen-bond donors (Lipinski definition) is 0. The summed E-state index contributed by atoms with van der Waals surface area (Å²) in [6.07, 6.45) is 1.75. The van der Waals surface area contributed by atoms with Gasteiger partial charge in [0.05, 0.1) is 11.9 Å². The monoisotopic (exact) mass is 387 g/mol. The van der Waals surface area contributed by atoms with Crippen LogP contribution in [-0.4, -0.2) is 38.9 Å². The molecule has 3 rings (SSSR count). The first-order valence-electron chi connectivity index (χ1n) is 8.56. The van der Waals surface area contributed by atoms with E-state index < -0.39 is 10.0 Å². The van der Waals surface area contributed by atoms with E-state index in [-0.39, 0.29) is 24.2 Å². The fourth-order valence-electron chi connectivity index (χ4n) is 3.30. The van der Waals surface area contributed by atoms with E-state index >= 15 is 0 Å². The number of ether oxygens (including phenoxy) is 1. The van der Waals surface area contributed by atoms with Crippen molar-refractivity contribution in [3.05, 3.63) is 59.2 Å². The minimum atomic E-state index is -3.35. The van der Waals surface area contributed by atoms with Crippen LogP contribution in [0.25, 0.3) is 0 Å². The molecule has 0 aromatic heterocycles. The largest absolute Gasteiger partial charge is 0.485 e. The molecule has 0 amide bonds. The molecule has 0 spiro atoms. The summed E-state index contributed by atoms with van der Waals surface area (Å²) in [5.41, 5.74) is 2.53. The Kier molecular flexibility index (Phi) is 5.06. The lowest BCUT2D eigenvalue weighted by atomic mass is 10.0. The second-order valence-electron chi connectivity index (χ2n) is 6.75. The van der Waals surface area contributed by atoms with E-state index in [9.17, 15) is 18.0 Å². The summed E-state index contributed by atoms with van der Waals surface area (Å²) >= 11 is 0. The highest BCUT2D eigenvalue weighted by Crippen LogP contribution is 2.34. The minimum Gasteiger partial charge on any atom is -0.485 e. The van der Waals surface area contributed by atoms with E-state index in [4.69, 9.17) is 4.74 Å². The number of carbonyl (C=O) groups is 2. The van der Waals surface area contributed by atoms with Crippen molar-refractivity contribution in [2.75, 3.05) is 17.2 Å². The number of hydrogen-bond acceptors (Lipinski definition) is 5. The summed E-state index contributed by atoms with van der Waals surface area (Å²) in [6, 6.07) is 11.5. The highest BCUT2D eigenvalue weighted by atomic mass is 32.2. The van der Waals surface area contributed by atoms with Crippen LogP contribution in [0, 0.1) is 0 Å². The second kappa shape index (κ2) is 7.15. The maximum Gasteiger partial charge on any atom is 0.232 e. The molecule has 27 heavy (non-hydrogen) atoms. The van der Waals surface area contributed by atoms with Gasteiger partial charge in [0.25, 0.3) is 0 Å². The van der Waals surface area contributed by atoms with Crippen LogP contribution in [0.15, 0.2) is 42.5 Å². The Morgan fingerprint density at radius 2 is 1.74 bits per heavy atom. The molecule has 1 aliphatic heterocycles. The van der Waals surface area contributed by atoms with E-state index in [0.29, 0.717) is 29.0 Å². The van der Waals surface area contributed by atoms with Crippen molar-refractivity contribution in [2.24, 2.45) is 0 Å². The molecule has 7 heteroatoms. The highest BCUT2D eigenvalue weighted by Gasteiger charge is 2.32. The zero-order chi connectivity index (χ0) is 19.8. The van der Waals surface area contributed by atoms with Crippen molar-refractivity contribution in [3.63, 3.8) is 0 Å². The smallest absolute Gasteiger partial charge is 0.232 e. The van der Waals surface area contributed by atoms with E-state index in [1.165, 1.54) is 17.5 Å². The Bertz CT molecular complexity index is 996. The number of nitrogens with zero attached hydrogens (tertiary/aromatic N) is 1. The van der Waals surface area contributed by atoms with E-state index in [2.05, 4.69) is 0 Å². The zero-order valence-corrected chi connectivity index (χ0v) is 16.2. The molecule has 1 aliphatic rings. The summed E-state index contributed by atoms with van der Waals surface area (Å²) < 4.78 is 30.8. The molecule has 0 aliphatic carbocycles. The summed E-state index contributed by atoms with van der Waals surface area (Å²) in [7, 11) is -3.35. The van der Waals surface area contributed by atoms with Gasteiger partial charge >= 0.3 is 0 Å². The van der Waals surface area contributed by atoms with Gasteiger partial charge in [-0.15, -0.1) is 0 Å². The Labute approximate surface area is 158 Å². The lowest BCUT2D eigenvalue weighted by Gasteiger charge is -2.21. The van der Waals surface area contributed by atoms with Crippen LogP contribution in [0.3, 0.4) is 0 Å². The van der Waals surface area contributed by atoms with Crippen LogP contribution >= 0.6 is 0 Å². The Hall–Kier alpha value is -2.67. The Balaban J connectivity index is 1.71. The Morgan fingerprint density at radius 1 is 1.11 bits per heavy atom. The number of rotatable bonds is 6. The van der Waals surface area contributed by atoms with Gasteiger partial charge in [-0.05, 0) is 68.3 Å². The lowest BCUT2D eigenvalue weighted by molar-refractivity contribution is 0.0920. The van der Waals surface area contributed by atoms with Gasteiger partial charge in [0.15, 0.2) is 18.2 Å². The maximum atomic E-state index is 12.4. The van der Waals surface area contributed by atoms with Crippen molar-refractivity contribution >= 4 is 27.3 Å². The average molecular weight is 387 g/mol. The fourth-order valence-corrected chi connectivity index (χ4v) is 4.56. The number of carbonyl (C=O) groups excluding carboxylic acids is 2. The molecule has 2 aromatic carbocycles. The van der Waals surface area contributed by atoms with Crippen LogP contribution in [-0.2, 0) is 16.4 Å². The van der Waals surface area contributed by atoms with Crippen molar-refractivity contribution in [3.8, 4) is 5.75 Å². The molecule has 0 saturated heterocycles. The highest BCUT2D eigenvalue weighted by molar-refractivity contribution is 7.92. The number of Topliss-reactive ketones (excluding diaryl/α,β-unsaturated/α-hetero) is 2. The molecule has 0 unspecified atom stereocenters. The van der Waals surface area contributed by atoms with Gasteiger partial charge in [-0.1, -0.05) is 0 Å². The van der Waals surface area contributed by atoms with E-state index in [1.54, 1.807) is 42.5 Å². The first kappa shape index (κ1) is 19.1. The molecule has 6 nitrogen and oxygen atoms in total. The van der Waals surface area contributed by atoms with Crippen LogP contribution in [0.4, 0.5) is 5.69 Å². The molecule has 0 N–H and O–H groups in total. The molecule has 0 radical (unpaired) electrons. The predicted octanol–water partition coefficient (Wildman–Crippen LogP) is 2.86. The quantitative estimate of drug-likeness (QED) is 0.712. The molecular formula is C20H21NO5S. The second-order valence-corrected chi connectivity index (χ2v) is 8.61. The maximum absolute atomic E-state index is 12.4. The SMILES string of the molecule is CC(=O)c1ccc(OCC(=O)c2ccc3c(c2)C[C@@H](C)N3S(C)(=O)=O)cc1. The van der Waals surface area contributed by atoms with Crippen LogP contribution < -0.4 is 9.04 Å². The number of benzene rings is 2. The van der Waals surface area contributed by atoms with Crippen LogP contribution in [0.2, 0.25) is 0 Å². The molecule has 142 valence electrons. The molecule has 0 fully saturated rings. The number of anilines is 1. The number of sulfonamides is 1. The van der Waals surface area contributed by atoms with Crippen molar-refractivity contribution in [1.82, 2.24) is 0 Å². The van der Waals surface area contributed by atoms with Crippen LogP contribution in [0.1, 0.15) is 40.1 Å². The first-order chi connectivity index (χ1) is 12.7. The van der Waals surface area contributed by atoms with Gasteiger partial charge in [-0.3, -0.25) is 13.9 Å². The molecule has 1 atom stereocenters. The molecule has 2 aromatic rings. The molecule has 0 bridgehead atoms. The standard InChI is InChI=1S/C20H21NO5S/c1-13-10-17-11-16(6-9-19(17)21(13)27(3,24)25)20(23)12-26-18-7-4-15(5-8-18)14(2)22/h4-9,11,13H,10,12H2,1-3H3/t13-/m1/s1. The van der Waals surface area contributed by atoms with E-state index in [0.717, 1.165) is 5.56 Å². The lowest BCUT2D eigenvalue weighted by Crippen LogP contribution is -2.34. The fraction of sp³-hybridized carbons (Fsp3) is 0.300. The summed E-state index contributed by atoms with van der Waals surface area (Å²) in [5.74, 6) is 0.276. The van der Waals surface area contributed by atoms with Crippen molar-refractivity contribution < 1.29 is 22.7 Å². The van der Waals surface area contributed by atoms with Gasteiger partial charge < -0.3 is 4.74 Å². The summed E-state index contributed by atoms with van der Waals surface area (Å²) in [6.45, 7) is 3.19. The third-order valence-electron chi connectivity index (χ3n) is 4.54. The van der Waals surface area contributed by atoms with Gasteiger partial charge in [0.1, 0.15) is 5.75 Å². The average Bonchev–Trinajstić information content (AvgIpc) is 2.94. The summed E-state index contributed by atoms with van der Waals surface area (Å²) in [4.78, 5) is 23.7. The van der Waals surface area contributed by atoms with Gasteiger partial charge in [-0.2, -0.15) is 0 Å². The third kappa shape index (κ3) is 4.03. The molecule has 0 saturated carbocycles. The van der Waals surface area contributed by atoms with Gasteiger partial charge in [-0.25, -0.2) is 8.42 Å². The van der Waals surface area contributed by atoms with E-state index in [1.807, 2.05) is 6.92 Å². The Morgan fingerprint density at radius 3 is 2.33 bits per heavy atom. The van der Waals surface area contributed by atoms with Crippen LogP contribution in [0.5, 0.6) is 5.75 Å². The number of ketones is 2. The summed E-state index contributed by atoms with van der Waals surface area (Å²) in [5, 5.41) is 0. The third-order valence-corrected chi connectivity index (χ3v) is 5.81. The van der Waals surface area contributed by atoms with Crippen molar-refractivity contribution in [1.29, 1.82) is 0 Å². The predicted molar refractivity (Wildman–Crippen MR) is 103 cm³/mol.